The molecule has 1 atom stereocenters. The average Bonchev–Trinajstić information content (AvgIpc) is 2.59. The van der Waals surface area contributed by atoms with E-state index in [1.165, 1.54) is 5.56 Å². The van der Waals surface area contributed by atoms with Gasteiger partial charge in [0.2, 0.25) is 0 Å². The van der Waals surface area contributed by atoms with Gasteiger partial charge in [0.05, 0.1) is 25.0 Å². The molecule has 2 aromatic rings. The van der Waals surface area contributed by atoms with E-state index < -0.39 is 0 Å². The highest BCUT2D eigenvalue weighted by molar-refractivity contribution is 5.77. The van der Waals surface area contributed by atoms with Crippen molar-refractivity contribution in [2.45, 2.75) is 39.2 Å². The molecule has 0 spiro atoms. The molecule has 134 valence electrons. The van der Waals surface area contributed by atoms with Crippen LogP contribution in [0.5, 0.6) is 11.5 Å². The lowest BCUT2D eigenvalue weighted by molar-refractivity contribution is -0.123. The van der Waals surface area contributed by atoms with Crippen LogP contribution in [-0.4, -0.2) is 24.6 Å². The van der Waals surface area contributed by atoms with Crippen LogP contribution in [0.15, 0.2) is 42.6 Å². The molecule has 0 saturated heterocycles. The quantitative estimate of drug-likeness (QED) is 0.870. The highest BCUT2D eigenvalue weighted by atomic mass is 16.5. The van der Waals surface area contributed by atoms with Gasteiger partial charge in [-0.2, -0.15) is 0 Å². The van der Waals surface area contributed by atoms with Crippen LogP contribution in [0.25, 0.3) is 0 Å². The van der Waals surface area contributed by atoms with Crippen molar-refractivity contribution in [3.8, 4) is 11.5 Å². The number of nitrogens with zero attached hydrogens (tertiary/aromatic N) is 1. The highest BCUT2D eigenvalue weighted by Gasteiger charge is 2.14. The minimum Gasteiger partial charge on any atom is -0.495 e. The van der Waals surface area contributed by atoms with E-state index in [-0.39, 0.29) is 24.0 Å². The summed E-state index contributed by atoms with van der Waals surface area (Å²) in [6, 6.07) is 11.3. The Labute approximate surface area is 149 Å². The Balaban J connectivity index is 1.85. The lowest BCUT2D eigenvalue weighted by atomic mass is 9.87. The van der Waals surface area contributed by atoms with E-state index in [9.17, 15) is 4.79 Å². The van der Waals surface area contributed by atoms with Crippen LogP contribution in [0.2, 0.25) is 0 Å². The molecular formula is C20H26N2O3. The molecular weight excluding hydrogens is 316 g/mol. The Morgan fingerprint density at radius 3 is 2.28 bits per heavy atom. The van der Waals surface area contributed by atoms with Gasteiger partial charge in [-0.05, 0) is 42.2 Å². The van der Waals surface area contributed by atoms with Gasteiger partial charge in [0, 0.05) is 0 Å². The number of benzene rings is 1. The first-order chi connectivity index (χ1) is 11.8. The first-order valence-electron chi connectivity index (χ1n) is 8.32. The van der Waals surface area contributed by atoms with E-state index in [0.717, 1.165) is 5.69 Å². The summed E-state index contributed by atoms with van der Waals surface area (Å²) in [4.78, 5) is 16.3. The van der Waals surface area contributed by atoms with Crippen LogP contribution in [0.4, 0.5) is 0 Å². The summed E-state index contributed by atoms with van der Waals surface area (Å²) in [5, 5.41) is 2.87. The summed E-state index contributed by atoms with van der Waals surface area (Å²) in [7, 11) is 1.59. The summed E-state index contributed by atoms with van der Waals surface area (Å²) in [5.41, 5.74) is 2.09. The average molecular weight is 342 g/mol. The van der Waals surface area contributed by atoms with Gasteiger partial charge in [0.25, 0.3) is 5.91 Å². The van der Waals surface area contributed by atoms with Gasteiger partial charge in [-0.1, -0.05) is 32.9 Å². The van der Waals surface area contributed by atoms with Gasteiger partial charge in [0.15, 0.2) is 6.61 Å². The number of ether oxygens (including phenoxy) is 2. The minimum atomic E-state index is -0.203. The molecule has 5 heteroatoms. The Kier molecular flexibility index (Phi) is 6.02. The Bertz CT molecular complexity index is 688. The van der Waals surface area contributed by atoms with Crippen molar-refractivity contribution in [2.24, 2.45) is 0 Å². The summed E-state index contributed by atoms with van der Waals surface area (Å²) < 4.78 is 10.6. The zero-order valence-electron chi connectivity index (χ0n) is 15.5. The lowest BCUT2D eigenvalue weighted by Gasteiger charge is -2.19. The predicted octanol–water partition coefficient (Wildman–Crippen LogP) is 3.64. The number of nitrogens with one attached hydrogen (secondary N) is 1. The zero-order chi connectivity index (χ0) is 18.4. The topological polar surface area (TPSA) is 60.5 Å². The third-order valence-corrected chi connectivity index (χ3v) is 3.91. The third kappa shape index (κ3) is 5.48. The highest BCUT2D eigenvalue weighted by Crippen LogP contribution is 2.24. The SMILES string of the molecule is COc1ccc(C(C)NC(=O)COc2ccc(C(C)(C)C)cc2)nc1. The monoisotopic (exact) mass is 342 g/mol. The van der Waals surface area contributed by atoms with Crippen molar-refractivity contribution < 1.29 is 14.3 Å². The lowest BCUT2D eigenvalue weighted by Crippen LogP contribution is -2.31. The molecule has 1 heterocycles. The van der Waals surface area contributed by atoms with E-state index >= 15 is 0 Å². The van der Waals surface area contributed by atoms with Crippen molar-refractivity contribution in [1.29, 1.82) is 0 Å². The molecule has 1 aromatic heterocycles. The second kappa shape index (κ2) is 8.01. The van der Waals surface area contributed by atoms with Gasteiger partial charge in [0.1, 0.15) is 11.5 Å². The number of carbonyl (C=O) groups excluding carboxylic acids is 1. The number of amides is 1. The first kappa shape index (κ1) is 18.8. The van der Waals surface area contributed by atoms with Crippen LogP contribution >= 0.6 is 0 Å². The number of hydrogen-bond donors (Lipinski definition) is 1. The van der Waals surface area contributed by atoms with Crippen molar-refractivity contribution in [3.63, 3.8) is 0 Å². The number of pyridine rings is 1. The van der Waals surface area contributed by atoms with Gasteiger partial charge < -0.3 is 14.8 Å². The Hall–Kier alpha value is -2.56. The first-order valence-corrected chi connectivity index (χ1v) is 8.32. The molecule has 1 aromatic carbocycles. The molecule has 1 N–H and O–H groups in total. The van der Waals surface area contributed by atoms with E-state index in [2.05, 4.69) is 31.1 Å². The zero-order valence-corrected chi connectivity index (χ0v) is 15.5. The predicted molar refractivity (Wildman–Crippen MR) is 98.0 cm³/mol. The molecule has 2 rings (SSSR count). The summed E-state index contributed by atoms with van der Waals surface area (Å²) >= 11 is 0. The van der Waals surface area contributed by atoms with Crippen LogP contribution in [0.3, 0.4) is 0 Å². The van der Waals surface area contributed by atoms with Gasteiger partial charge in [-0.3, -0.25) is 9.78 Å². The number of methoxy groups -OCH3 is 1. The van der Waals surface area contributed by atoms with Crippen molar-refractivity contribution in [1.82, 2.24) is 10.3 Å². The van der Waals surface area contributed by atoms with Crippen molar-refractivity contribution in [3.05, 3.63) is 53.9 Å². The number of carbonyl (C=O) groups is 1. The van der Waals surface area contributed by atoms with Crippen LogP contribution < -0.4 is 14.8 Å². The van der Waals surface area contributed by atoms with Crippen LogP contribution in [-0.2, 0) is 10.2 Å². The summed E-state index contributed by atoms with van der Waals surface area (Å²) in [6.45, 7) is 8.32. The molecule has 5 nitrogen and oxygen atoms in total. The smallest absolute Gasteiger partial charge is 0.258 e. The summed E-state index contributed by atoms with van der Waals surface area (Å²) in [5.74, 6) is 1.17. The molecule has 0 bridgehead atoms. The molecule has 0 aliphatic heterocycles. The fourth-order valence-electron chi connectivity index (χ4n) is 2.33. The normalized spacial score (nSPS) is 12.4. The molecule has 0 saturated carbocycles. The van der Waals surface area contributed by atoms with Crippen LogP contribution in [0, 0.1) is 0 Å². The van der Waals surface area contributed by atoms with E-state index in [1.54, 1.807) is 13.3 Å². The van der Waals surface area contributed by atoms with Gasteiger partial charge in [-0.15, -0.1) is 0 Å². The second-order valence-electron chi connectivity index (χ2n) is 6.98. The maximum absolute atomic E-state index is 12.1. The Morgan fingerprint density at radius 2 is 1.76 bits per heavy atom. The maximum Gasteiger partial charge on any atom is 0.258 e. The van der Waals surface area contributed by atoms with E-state index in [1.807, 2.05) is 43.3 Å². The second-order valence-corrected chi connectivity index (χ2v) is 6.98. The molecule has 1 amide bonds. The van der Waals surface area contributed by atoms with Crippen molar-refractivity contribution in [2.75, 3.05) is 13.7 Å². The third-order valence-electron chi connectivity index (χ3n) is 3.91. The fraction of sp³-hybridized carbons (Fsp3) is 0.400. The van der Waals surface area contributed by atoms with Crippen LogP contribution in [0.1, 0.15) is 45.0 Å². The minimum absolute atomic E-state index is 0.0324. The van der Waals surface area contributed by atoms with E-state index in [4.69, 9.17) is 9.47 Å². The number of rotatable bonds is 6. The number of aromatic nitrogens is 1. The molecule has 1 unspecified atom stereocenters. The van der Waals surface area contributed by atoms with Gasteiger partial charge >= 0.3 is 0 Å². The van der Waals surface area contributed by atoms with Gasteiger partial charge in [-0.25, -0.2) is 0 Å². The molecule has 0 radical (unpaired) electrons. The van der Waals surface area contributed by atoms with Crippen molar-refractivity contribution >= 4 is 5.91 Å². The maximum atomic E-state index is 12.1. The largest absolute Gasteiger partial charge is 0.495 e. The summed E-state index contributed by atoms with van der Waals surface area (Å²) in [6.07, 6.45) is 1.63. The fourth-order valence-corrected chi connectivity index (χ4v) is 2.33. The Morgan fingerprint density at radius 1 is 1.12 bits per heavy atom. The molecule has 0 aliphatic carbocycles. The molecule has 25 heavy (non-hydrogen) atoms. The van der Waals surface area contributed by atoms with E-state index in [0.29, 0.717) is 11.5 Å². The standard InChI is InChI=1S/C20H26N2O3/c1-14(18-11-10-17(24-5)12-21-18)22-19(23)13-25-16-8-6-15(7-9-16)20(2,3)4/h6-12,14H,13H2,1-5H3,(H,22,23). The number of hydrogen-bond acceptors (Lipinski definition) is 4. The molecule has 0 aliphatic rings. The molecule has 0 fully saturated rings.